The molecule has 1 saturated carbocycles. The van der Waals surface area contributed by atoms with Crippen molar-refractivity contribution in [3.8, 4) is 5.75 Å². The van der Waals surface area contributed by atoms with Gasteiger partial charge in [-0.05, 0) is 38.8 Å². The molecule has 0 saturated heterocycles. The number of carbonyl (C=O) groups is 2. The van der Waals surface area contributed by atoms with Gasteiger partial charge >= 0.3 is 6.03 Å². The number of ether oxygens (including phenoxy) is 1. The maximum atomic E-state index is 14.4. The van der Waals surface area contributed by atoms with Crippen molar-refractivity contribution in [3.05, 3.63) is 35.3 Å². The van der Waals surface area contributed by atoms with Gasteiger partial charge in [0.2, 0.25) is 5.91 Å². The lowest BCUT2D eigenvalue weighted by Crippen LogP contribution is -2.52. The Hall–Kier alpha value is -2.88. The van der Waals surface area contributed by atoms with Gasteiger partial charge in [-0.2, -0.15) is 5.10 Å². The lowest BCUT2D eigenvalue weighted by Gasteiger charge is -2.48. The van der Waals surface area contributed by atoms with E-state index in [2.05, 4.69) is 40.5 Å². The summed E-state index contributed by atoms with van der Waals surface area (Å²) in [5.41, 5.74) is 0.782. The smallest absolute Gasteiger partial charge is 0.323 e. The summed E-state index contributed by atoms with van der Waals surface area (Å²) < 4.78 is 19.6. The highest BCUT2D eigenvalue weighted by molar-refractivity contribution is 6.83. The number of aromatic amines is 1. The first-order chi connectivity index (χ1) is 15.4. The van der Waals surface area contributed by atoms with Crippen molar-refractivity contribution in [2.24, 2.45) is 0 Å². The number of methoxy groups -OCH3 is 1. The van der Waals surface area contributed by atoms with Crippen LogP contribution in [-0.4, -0.2) is 42.2 Å². The van der Waals surface area contributed by atoms with Crippen molar-refractivity contribution in [2.75, 3.05) is 17.7 Å². The van der Waals surface area contributed by atoms with Crippen LogP contribution in [0.4, 0.5) is 20.7 Å². The molecule has 1 aromatic carbocycles. The maximum absolute atomic E-state index is 14.4. The van der Waals surface area contributed by atoms with Crippen molar-refractivity contribution in [1.29, 1.82) is 0 Å². The van der Waals surface area contributed by atoms with Crippen LogP contribution in [0, 0.1) is 5.82 Å². The predicted octanol–water partition coefficient (Wildman–Crippen LogP) is 5.04. The summed E-state index contributed by atoms with van der Waals surface area (Å²) in [6.07, 6.45) is 2.88. The zero-order valence-electron chi connectivity index (χ0n) is 20.1. The van der Waals surface area contributed by atoms with E-state index in [-0.39, 0.29) is 28.9 Å². The lowest BCUT2D eigenvalue weighted by atomic mass is 9.83. The first-order valence-electron chi connectivity index (χ1n) is 11.2. The summed E-state index contributed by atoms with van der Waals surface area (Å²) in [5, 5.41) is 12.8. The number of nitrogens with zero attached hydrogens (tertiary/aromatic N) is 2. The standard InChI is InChI=1S/C23H32FN5O3Si/c1-22(2)18-14(13-29(22)21(31)25-17-15(24)9-7-10-16(17)32-3)19(28-27-18)26-20(30)23(11-8-12-23)33(4,5)6/h7,9-10H,8,11-13H2,1-6H3,(H,25,31)(H2,26,27,28,30). The molecule has 0 spiro atoms. The molecule has 8 nitrogen and oxygen atoms in total. The van der Waals surface area contributed by atoms with E-state index in [1.54, 1.807) is 11.0 Å². The number of nitrogens with one attached hydrogen (secondary N) is 3. The van der Waals surface area contributed by atoms with E-state index in [0.717, 1.165) is 30.5 Å². The summed E-state index contributed by atoms with van der Waals surface area (Å²) in [6, 6.07) is 3.90. The Labute approximate surface area is 194 Å². The third-order valence-corrected chi connectivity index (χ3v) is 11.1. The van der Waals surface area contributed by atoms with E-state index < -0.39 is 25.5 Å². The summed E-state index contributed by atoms with van der Waals surface area (Å²) in [6.45, 7) is 10.7. The van der Waals surface area contributed by atoms with E-state index in [0.29, 0.717) is 5.82 Å². The average molecular weight is 474 g/mol. The average Bonchev–Trinajstić information content (AvgIpc) is 3.19. The molecule has 178 valence electrons. The van der Waals surface area contributed by atoms with Crippen LogP contribution in [0.1, 0.15) is 44.4 Å². The van der Waals surface area contributed by atoms with Gasteiger partial charge in [-0.3, -0.25) is 9.89 Å². The second-order valence-electron chi connectivity index (χ2n) is 10.5. The number of hydrogen-bond donors (Lipinski definition) is 3. The molecule has 3 amide bonds. The molecule has 0 atom stereocenters. The second kappa shape index (κ2) is 7.86. The molecule has 3 N–H and O–H groups in total. The van der Waals surface area contributed by atoms with Crippen LogP contribution in [0.5, 0.6) is 5.75 Å². The molecule has 1 aliphatic carbocycles. The molecule has 0 unspecified atom stereocenters. The molecule has 2 aliphatic rings. The van der Waals surface area contributed by atoms with Crippen molar-refractivity contribution in [3.63, 3.8) is 0 Å². The van der Waals surface area contributed by atoms with Crippen LogP contribution < -0.4 is 15.4 Å². The Balaban J connectivity index is 1.56. The lowest BCUT2D eigenvalue weighted by molar-refractivity contribution is -0.121. The number of benzene rings is 1. The monoisotopic (exact) mass is 473 g/mol. The summed E-state index contributed by atoms with van der Waals surface area (Å²) in [5.74, 6) is 0.154. The van der Waals surface area contributed by atoms with E-state index in [4.69, 9.17) is 4.74 Å². The number of para-hydroxylation sites is 1. The van der Waals surface area contributed by atoms with Crippen molar-refractivity contribution in [2.45, 2.75) is 69.9 Å². The number of aromatic nitrogens is 2. The predicted molar refractivity (Wildman–Crippen MR) is 128 cm³/mol. The maximum Gasteiger partial charge on any atom is 0.323 e. The van der Waals surface area contributed by atoms with E-state index in [1.165, 1.54) is 19.2 Å². The van der Waals surface area contributed by atoms with Crippen LogP contribution in [0.3, 0.4) is 0 Å². The molecule has 1 aliphatic heterocycles. The number of carbonyl (C=O) groups excluding carboxylic acids is 2. The molecular weight excluding hydrogens is 441 g/mol. The number of halogens is 1. The largest absolute Gasteiger partial charge is 0.494 e. The fraction of sp³-hybridized carbons (Fsp3) is 0.522. The van der Waals surface area contributed by atoms with Crippen LogP contribution in [0.25, 0.3) is 0 Å². The molecule has 2 heterocycles. The molecule has 1 aromatic heterocycles. The van der Waals surface area contributed by atoms with Crippen LogP contribution in [0.2, 0.25) is 24.7 Å². The fourth-order valence-electron chi connectivity index (χ4n) is 4.99. The molecule has 0 bridgehead atoms. The Morgan fingerprint density at radius 3 is 2.48 bits per heavy atom. The zero-order chi connectivity index (χ0) is 24.2. The molecule has 0 radical (unpaired) electrons. The Morgan fingerprint density at radius 2 is 1.91 bits per heavy atom. The third-order valence-electron chi connectivity index (χ3n) is 7.45. The molecule has 10 heteroatoms. The van der Waals surface area contributed by atoms with Crippen molar-refractivity contribution >= 4 is 31.5 Å². The van der Waals surface area contributed by atoms with Gasteiger partial charge in [0.1, 0.15) is 11.4 Å². The minimum absolute atomic E-state index is 0.00919. The summed E-state index contributed by atoms with van der Waals surface area (Å²) in [4.78, 5) is 28.1. The highest BCUT2D eigenvalue weighted by Crippen LogP contribution is 2.56. The quantitative estimate of drug-likeness (QED) is 0.530. The van der Waals surface area contributed by atoms with Crippen LogP contribution >= 0.6 is 0 Å². The Bertz CT molecular complexity index is 1100. The van der Waals surface area contributed by atoms with Crippen molar-refractivity contribution in [1.82, 2.24) is 15.1 Å². The summed E-state index contributed by atoms with van der Waals surface area (Å²) >= 11 is 0. The molecule has 4 rings (SSSR count). The van der Waals surface area contributed by atoms with Gasteiger partial charge in [-0.25, -0.2) is 9.18 Å². The number of fused-ring (bicyclic) bond motifs is 1. The first-order valence-corrected chi connectivity index (χ1v) is 14.7. The van der Waals surface area contributed by atoms with E-state index >= 15 is 0 Å². The first kappa shape index (κ1) is 23.3. The number of anilines is 2. The number of urea groups is 1. The number of H-pyrrole nitrogens is 1. The highest BCUT2D eigenvalue weighted by Gasteiger charge is 2.54. The van der Waals surface area contributed by atoms with Gasteiger partial charge < -0.3 is 20.3 Å². The normalized spacial score (nSPS) is 18.3. The van der Waals surface area contributed by atoms with Gasteiger partial charge in [0.25, 0.3) is 0 Å². The minimum atomic E-state index is -1.74. The molecular formula is C23H32FN5O3Si. The van der Waals surface area contributed by atoms with E-state index in [9.17, 15) is 14.0 Å². The van der Waals surface area contributed by atoms with Gasteiger partial charge in [0.05, 0.1) is 33.0 Å². The topological polar surface area (TPSA) is 99.3 Å². The highest BCUT2D eigenvalue weighted by atomic mass is 28.3. The molecule has 33 heavy (non-hydrogen) atoms. The van der Waals surface area contributed by atoms with Crippen LogP contribution in [0.15, 0.2) is 18.2 Å². The minimum Gasteiger partial charge on any atom is -0.494 e. The van der Waals surface area contributed by atoms with Gasteiger partial charge in [-0.1, -0.05) is 32.1 Å². The second-order valence-corrected chi connectivity index (χ2v) is 15.9. The number of amides is 3. The molecule has 1 fully saturated rings. The zero-order valence-corrected chi connectivity index (χ0v) is 21.1. The number of rotatable bonds is 5. The van der Waals surface area contributed by atoms with Crippen molar-refractivity contribution < 1.29 is 18.7 Å². The number of hydrogen-bond acceptors (Lipinski definition) is 4. The van der Waals surface area contributed by atoms with Crippen LogP contribution in [-0.2, 0) is 16.9 Å². The van der Waals surface area contributed by atoms with Gasteiger partial charge in [0, 0.05) is 10.6 Å². The fourth-order valence-corrected chi connectivity index (χ4v) is 7.59. The van der Waals surface area contributed by atoms with Gasteiger partial charge in [0.15, 0.2) is 11.6 Å². The third kappa shape index (κ3) is 3.60. The van der Waals surface area contributed by atoms with Gasteiger partial charge in [-0.15, -0.1) is 0 Å². The Morgan fingerprint density at radius 1 is 1.21 bits per heavy atom. The Kier molecular flexibility index (Phi) is 5.54. The van der Waals surface area contributed by atoms with E-state index in [1.807, 2.05) is 13.8 Å². The SMILES string of the molecule is COc1cccc(F)c1NC(=O)N1Cc2c(NC(=O)C3([Si](C)(C)C)CCC3)n[nH]c2C1(C)C. The summed E-state index contributed by atoms with van der Waals surface area (Å²) in [7, 11) is -0.314. The molecule has 2 aromatic rings.